The fourth-order valence-corrected chi connectivity index (χ4v) is 3.27. The van der Waals surface area contributed by atoms with Crippen molar-refractivity contribution in [2.45, 2.75) is 18.1 Å². The summed E-state index contributed by atoms with van der Waals surface area (Å²) >= 11 is 0. The van der Waals surface area contributed by atoms with Gasteiger partial charge in [0.15, 0.2) is 9.84 Å². The third-order valence-electron chi connectivity index (χ3n) is 2.58. The zero-order chi connectivity index (χ0) is 9.90. The Labute approximate surface area is 80.0 Å². The Morgan fingerprint density at radius 1 is 1.38 bits per heavy atom. The first-order chi connectivity index (χ1) is 6.06. The lowest BCUT2D eigenvalue weighted by molar-refractivity contribution is 0.278. The van der Waals surface area contributed by atoms with Crippen molar-refractivity contribution in [3.8, 4) is 0 Å². The van der Waals surface area contributed by atoms with Crippen LogP contribution in [-0.2, 0) is 9.84 Å². The van der Waals surface area contributed by atoms with Crippen molar-refractivity contribution in [3.05, 3.63) is 0 Å². The molecule has 1 aliphatic heterocycles. The quantitative estimate of drug-likeness (QED) is 0.673. The predicted octanol–water partition coefficient (Wildman–Crippen LogP) is -0.546. The first kappa shape index (κ1) is 10.9. The summed E-state index contributed by atoms with van der Waals surface area (Å²) < 4.78 is 23.2. The number of nitrogens with zero attached hydrogens (tertiary/aromatic N) is 1. The van der Waals surface area contributed by atoms with E-state index in [1.54, 1.807) is 0 Å². The minimum absolute atomic E-state index is 0.140. The van der Waals surface area contributed by atoms with E-state index in [0.717, 1.165) is 25.9 Å². The minimum atomic E-state index is -2.91. The molecule has 0 saturated carbocycles. The molecule has 1 fully saturated rings. The summed E-state index contributed by atoms with van der Waals surface area (Å²) in [7, 11) is -0.889. The van der Waals surface area contributed by atoms with Crippen LogP contribution in [0.1, 0.15) is 12.8 Å². The van der Waals surface area contributed by atoms with Gasteiger partial charge in [0.1, 0.15) is 0 Å². The van der Waals surface area contributed by atoms with Crippen LogP contribution in [0.2, 0.25) is 0 Å². The maximum absolute atomic E-state index is 11.6. The number of hydrogen-bond acceptors (Lipinski definition) is 4. The van der Waals surface area contributed by atoms with Crippen LogP contribution in [-0.4, -0.2) is 51.0 Å². The summed E-state index contributed by atoms with van der Waals surface area (Å²) in [6.45, 7) is 2.01. The molecule has 13 heavy (non-hydrogen) atoms. The molecule has 0 aromatic carbocycles. The molecule has 0 radical (unpaired) electrons. The van der Waals surface area contributed by atoms with Gasteiger partial charge < -0.3 is 10.6 Å². The van der Waals surface area contributed by atoms with E-state index in [-0.39, 0.29) is 17.5 Å². The lowest BCUT2D eigenvalue weighted by Gasteiger charge is -2.28. The smallest absolute Gasteiger partial charge is 0.154 e. The van der Waals surface area contributed by atoms with Crippen LogP contribution in [0.25, 0.3) is 0 Å². The van der Waals surface area contributed by atoms with E-state index in [2.05, 4.69) is 4.90 Å². The Morgan fingerprint density at radius 2 is 1.92 bits per heavy atom. The highest BCUT2D eigenvalue weighted by Gasteiger charge is 2.27. The lowest BCUT2D eigenvalue weighted by Crippen LogP contribution is -2.38. The third kappa shape index (κ3) is 2.93. The van der Waals surface area contributed by atoms with Gasteiger partial charge >= 0.3 is 0 Å². The van der Waals surface area contributed by atoms with Crippen molar-refractivity contribution in [2.75, 3.05) is 32.4 Å². The van der Waals surface area contributed by atoms with E-state index >= 15 is 0 Å². The summed E-state index contributed by atoms with van der Waals surface area (Å²) in [6, 6.07) is 0. The topological polar surface area (TPSA) is 63.4 Å². The summed E-state index contributed by atoms with van der Waals surface area (Å²) in [5.74, 6) is 0.140. The Bertz CT molecular complexity index is 243. The van der Waals surface area contributed by atoms with E-state index in [1.165, 1.54) is 0 Å². The van der Waals surface area contributed by atoms with Crippen LogP contribution >= 0.6 is 0 Å². The van der Waals surface area contributed by atoms with Gasteiger partial charge in [-0.3, -0.25) is 0 Å². The molecule has 0 aromatic rings. The van der Waals surface area contributed by atoms with Gasteiger partial charge in [-0.25, -0.2) is 8.42 Å². The minimum Gasteiger partial charge on any atom is -0.329 e. The average molecular weight is 206 g/mol. The van der Waals surface area contributed by atoms with E-state index in [1.807, 2.05) is 7.05 Å². The molecule has 2 N–H and O–H groups in total. The summed E-state index contributed by atoms with van der Waals surface area (Å²) in [5, 5.41) is -0.146. The van der Waals surface area contributed by atoms with Crippen molar-refractivity contribution in [1.29, 1.82) is 0 Å². The second-order valence-corrected chi connectivity index (χ2v) is 6.06. The molecule has 0 atom stereocenters. The van der Waals surface area contributed by atoms with Gasteiger partial charge in [0.25, 0.3) is 0 Å². The van der Waals surface area contributed by atoms with Crippen LogP contribution in [0.5, 0.6) is 0 Å². The molecule has 1 heterocycles. The van der Waals surface area contributed by atoms with Gasteiger partial charge in [-0.2, -0.15) is 0 Å². The molecule has 5 heteroatoms. The highest BCUT2D eigenvalue weighted by Crippen LogP contribution is 2.16. The molecule has 0 spiro atoms. The molecule has 78 valence electrons. The molecule has 1 aliphatic rings. The largest absolute Gasteiger partial charge is 0.329 e. The lowest BCUT2D eigenvalue weighted by atomic mass is 10.1. The Morgan fingerprint density at radius 3 is 2.38 bits per heavy atom. The Balaban J connectivity index is 2.53. The van der Waals surface area contributed by atoms with E-state index in [0.29, 0.717) is 0 Å². The normalized spacial score (nSPS) is 22.0. The zero-order valence-corrected chi connectivity index (χ0v) is 8.89. The highest BCUT2D eigenvalue weighted by atomic mass is 32.2. The molecule has 4 nitrogen and oxygen atoms in total. The van der Waals surface area contributed by atoms with Crippen molar-refractivity contribution in [1.82, 2.24) is 4.90 Å². The second kappa shape index (κ2) is 4.39. The van der Waals surface area contributed by atoms with Crippen LogP contribution < -0.4 is 5.73 Å². The van der Waals surface area contributed by atoms with Crippen LogP contribution in [0.3, 0.4) is 0 Å². The average Bonchev–Trinajstić information content (AvgIpc) is 2.05. The molecule has 1 rings (SSSR count). The van der Waals surface area contributed by atoms with Gasteiger partial charge in [-0.05, 0) is 33.0 Å². The predicted molar refractivity (Wildman–Crippen MR) is 53.4 cm³/mol. The SMILES string of the molecule is CN1CCC(S(=O)(=O)CCN)CC1. The van der Waals surface area contributed by atoms with Crippen LogP contribution in [0, 0.1) is 0 Å². The maximum Gasteiger partial charge on any atom is 0.154 e. The molecule has 0 aliphatic carbocycles. The molecular formula is C8H18N2O2S. The first-order valence-electron chi connectivity index (χ1n) is 4.66. The standard InChI is InChI=1S/C8H18N2O2S/c1-10-5-2-8(3-6-10)13(11,12)7-4-9/h8H,2-7,9H2,1H3. The number of hydrogen-bond donors (Lipinski definition) is 1. The number of rotatable bonds is 3. The molecule has 1 saturated heterocycles. The van der Waals surface area contributed by atoms with Gasteiger partial charge in [-0.15, -0.1) is 0 Å². The third-order valence-corrected chi connectivity index (χ3v) is 4.87. The maximum atomic E-state index is 11.6. The molecule has 0 aromatic heterocycles. The Hall–Kier alpha value is -0.130. The van der Waals surface area contributed by atoms with Crippen molar-refractivity contribution >= 4 is 9.84 Å². The number of sulfone groups is 1. The molecule has 0 unspecified atom stereocenters. The van der Waals surface area contributed by atoms with Crippen molar-refractivity contribution in [2.24, 2.45) is 5.73 Å². The number of nitrogens with two attached hydrogens (primary N) is 1. The van der Waals surface area contributed by atoms with Crippen LogP contribution in [0.4, 0.5) is 0 Å². The number of likely N-dealkylation sites (tertiary alicyclic amines) is 1. The molecular weight excluding hydrogens is 188 g/mol. The monoisotopic (exact) mass is 206 g/mol. The van der Waals surface area contributed by atoms with Crippen LogP contribution in [0.15, 0.2) is 0 Å². The fourth-order valence-electron chi connectivity index (χ4n) is 1.67. The molecule has 0 amide bonds. The summed E-state index contributed by atoms with van der Waals surface area (Å²) in [6.07, 6.45) is 1.53. The highest BCUT2D eigenvalue weighted by molar-refractivity contribution is 7.92. The first-order valence-corrected chi connectivity index (χ1v) is 6.38. The fraction of sp³-hybridized carbons (Fsp3) is 1.00. The zero-order valence-electron chi connectivity index (χ0n) is 8.07. The van der Waals surface area contributed by atoms with E-state index in [4.69, 9.17) is 5.73 Å². The Kier molecular flexibility index (Phi) is 3.70. The molecule has 0 bridgehead atoms. The second-order valence-electron chi connectivity index (χ2n) is 3.66. The van der Waals surface area contributed by atoms with Gasteiger partial charge in [-0.1, -0.05) is 0 Å². The van der Waals surface area contributed by atoms with Crippen molar-refractivity contribution in [3.63, 3.8) is 0 Å². The van der Waals surface area contributed by atoms with Gasteiger partial charge in [0, 0.05) is 6.54 Å². The summed E-state index contributed by atoms with van der Waals surface area (Å²) in [5.41, 5.74) is 5.26. The summed E-state index contributed by atoms with van der Waals surface area (Å²) in [4.78, 5) is 2.16. The van der Waals surface area contributed by atoms with E-state index in [9.17, 15) is 8.42 Å². The van der Waals surface area contributed by atoms with Crippen molar-refractivity contribution < 1.29 is 8.42 Å². The van der Waals surface area contributed by atoms with Gasteiger partial charge in [0.05, 0.1) is 11.0 Å². The van der Waals surface area contributed by atoms with Gasteiger partial charge in [0.2, 0.25) is 0 Å². The number of piperidine rings is 1. The van der Waals surface area contributed by atoms with E-state index < -0.39 is 9.84 Å².